The molecule has 0 saturated carbocycles. The molecule has 1 nitrogen and oxygen atoms in total. The minimum absolute atomic E-state index is 0.759. The zero-order valence-corrected chi connectivity index (χ0v) is 9.44. The van der Waals surface area contributed by atoms with Gasteiger partial charge >= 0.3 is 0 Å². The topological polar surface area (TPSA) is 9.23 Å². The van der Waals surface area contributed by atoms with Crippen LogP contribution in [0.3, 0.4) is 0 Å². The van der Waals surface area contributed by atoms with Gasteiger partial charge in [-0.15, -0.1) is 0 Å². The van der Waals surface area contributed by atoms with Crippen molar-refractivity contribution in [1.29, 1.82) is 0 Å². The molecule has 0 aliphatic heterocycles. The van der Waals surface area contributed by atoms with Crippen molar-refractivity contribution in [2.24, 2.45) is 0 Å². The van der Waals surface area contributed by atoms with Crippen molar-refractivity contribution in [3.8, 4) is 0 Å². The number of hydrogen-bond acceptors (Lipinski definition) is 1. The maximum absolute atomic E-state index is 5.61. The van der Waals surface area contributed by atoms with E-state index in [-0.39, 0.29) is 0 Å². The standard InChI is InChI=1S/C14H18O/c1-5-9-12-13(8-4)15-14(10-6-2)11-7-3/h5-12H,1-2H2,3-4H3/b11-7-,12-9-,13-8+,14-10+. The lowest BCUT2D eigenvalue weighted by molar-refractivity contribution is 0.335. The molecule has 0 bridgehead atoms. The fourth-order valence-corrected chi connectivity index (χ4v) is 0.892. The number of rotatable bonds is 6. The first kappa shape index (κ1) is 13.2. The molecule has 0 unspecified atom stereocenters. The molecule has 0 atom stereocenters. The largest absolute Gasteiger partial charge is 0.458 e. The first-order chi connectivity index (χ1) is 7.28. The second kappa shape index (κ2) is 8.82. The quantitative estimate of drug-likeness (QED) is 0.461. The van der Waals surface area contributed by atoms with Gasteiger partial charge in [0.15, 0.2) is 0 Å². The van der Waals surface area contributed by atoms with Gasteiger partial charge < -0.3 is 4.74 Å². The van der Waals surface area contributed by atoms with Crippen LogP contribution >= 0.6 is 0 Å². The molecule has 0 aliphatic rings. The molecule has 0 fully saturated rings. The van der Waals surface area contributed by atoms with Crippen LogP contribution in [-0.2, 0) is 4.74 Å². The van der Waals surface area contributed by atoms with E-state index in [1.54, 1.807) is 12.2 Å². The Morgan fingerprint density at radius 1 is 1.00 bits per heavy atom. The molecule has 0 aliphatic carbocycles. The summed E-state index contributed by atoms with van der Waals surface area (Å²) in [5.41, 5.74) is 0. The third-order valence-corrected chi connectivity index (χ3v) is 1.53. The van der Waals surface area contributed by atoms with Crippen molar-refractivity contribution in [3.63, 3.8) is 0 Å². The summed E-state index contributed by atoms with van der Waals surface area (Å²) in [6.07, 6.45) is 14.6. The Morgan fingerprint density at radius 2 is 1.73 bits per heavy atom. The van der Waals surface area contributed by atoms with E-state index in [4.69, 9.17) is 4.74 Å². The summed E-state index contributed by atoms with van der Waals surface area (Å²) < 4.78 is 5.61. The van der Waals surface area contributed by atoms with E-state index < -0.39 is 0 Å². The molecule has 80 valence electrons. The van der Waals surface area contributed by atoms with Gasteiger partial charge in [-0.2, -0.15) is 0 Å². The van der Waals surface area contributed by atoms with Crippen molar-refractivity contribution < 1.29 is 4.74 Å². The summed E-state index contributed by atoms with van der Waals surface area (Å²) in [5.74, 6) is 1.54. The fraction of sp³-hybridized carbons (Fsp3) is 0.143. The Labute approximate surface area is 92.5 Å². The average Bonchev–Trinajstić information content (AvgIpc) is 2.24. The normalized spacial score (nSPS) is 13.5. The summed E-state index contributed by atoms with van der Waals surface area (Å²) in [7, 11) is 0. The maximum atomic E-state index is 5.61. The van der Waals surface area contributed by atoms with E-state index in [0.717, 1.165) is 11.5 Å². The Kier molecular flexibility index (Phi) is 7.79. The van der Waals surface area contributed by atoms with Gasteiger partial charge in [0.1, 0.15) is 11.5 Å². The first-order valence-electron chi connectivity index (χ1n) is 4.87. The second-order valence-electron chi connectivity index (χ2n) is 2.69. The molecule has 0 rings (SSSR count). The highest BCUT2D eigenvalue weighted by Crippen LogP contribution is 2.09. The van der Waals surface area contributed by atoms with Crippen LogP contribution in [0.15, 0.2) is 73.3 Å². The minimum atomic E-state index is 0.759. The SMILES string of the molecule is C=C/C=C\C(=C/C)OC(/C=C\C)=C/C=C. The Balaban J connectivity index is 4.64. The average molecular weight is 202 g/mol. The molecule has 15 heavy (non-hydrogen) atoms. The van der Waals surface area contributed by atoms with E-state index in [0.29, 0.717) is 0 Å². The van der Waals surface area contributed by atoms with Crippen molar-refractivity contribution >= 4 is 0 Å². The lowest BCUT2D eigenvalue weighted by Gasteiger charge is -2.05. The minimum Gasteiger partial charge on any atom is -0.458 e. The summed E-state index contributed by atoms with van der Waals surface area (Å²) in [5, 5.41) is 0. The fourth-order valence-electron chi connectivity index (χ4n) is 0.892. The van der Waals surface area contributed by atoms with E-state index in [9.17, 15) is 0 Å². The van der Waals surface area contributed by atoms with Crippen molar-refractivity contribution in [1.82, 2.24) is 0 Å². The van der Waals surface area contributed by atoms with Crippen molar-refractivity contribution in [2.75, 3.05) is 0 Å². The predicted octanol–water partition coefficient (Wildman–Crippen LogP) is 4.30. The van der Waals surface area contributed by atoms with Gasteiger partial charge in [0, 0.05) is 0 Å². The summed E-state index contributed by atoms with van der Waals surface area (Å²) in [6, 6.07) is 0. The van der Waals surface area contributed by atoms with Gasteiger partial charge in [0.05, 0.1) is 0 Å². The molecule has 0 saturated heterocycles. The van der Waals surface area contributed by atoms with Crippen LogP contribution in [0, 0.1) is 0 Å². The Hall–Kier alpha value is -1.76. The first-order valence-corrected chi connectivity index (χ1v) is 4.87. The van der Waals surface area contributed by atoms with Crippen molar-refractivity contribution in [2.45, 2.75) is 13.8 Å². The Bertz CT molecular complexity index is 314. The summed E-state index contributed by atoms with van der Waals surface area (Å²) >= 11 is 0. The molecular weight excluding hydrogens is 184 g/mol. The van der Waals surface area contributed by atoms with Crippen LogP contribution in [0.25, 0.3) is 0 Å². The van der Waals surface area contributed by atoms with Crippen LogP contribution < -0.4 is 0 Å². The number of allylic oxidation sites excluding steroid dienone is 8. The highest BCUT2D eigenvalue weighted by atomic mass is 16.5. The molecule has 0 amide bonds. The highest BCUT2D eigenvalue weighted by Gasteiger charge is 1.94. The van der Waals surface area contributed by atoms with Gasteiger partial charge in [-0.1, -0.05) is 37.5 Å². The molecule has 0 aromatic carbocycles. The van der Waals surface area contributed by atoms with Crippen LogP contribution in [0.4, 0.5) is 0 Å². The molecule has 0 aromatic rings. The van der Waals surface area contributed by atoms with Crippen LogP contribution in [0.1, 0.15) is 13.8 Å². The van der Waals surface area contributed by atoms with Gasteiger partial charge in [0.25, 0.3) is 0 Å². The van der Waals surface area contributed by atoms with E-state index in [1.807, 2.05) is 50.3 Å². The number of hydrogen-bond donors (Lipinski definition) is 0. The van der Waals surface area contributed by atoms with Gasteiger partial charge in [-0.05, 0) is 38.2 Å². The molecule has 0 heterocycles. The van der Waals surface area contributed by atoms with Gasteiger partial charge in [-0.25, -0.2) is 0 Å². The predicted molar refractivity (Wildman–Crippen MR) is 67.3 cm³/mol. The van der Waals surface area contributed by atoms with E-state index >= 15 is 0 Å². The number of ether oxygens (including phenoxy) is 1. The molecule has 0 radical (unpaired) electrons. The van der Waals surface area contributed by atoms with Gasteiger partial charge in [-0.3, -0.25) is 0 Å². The summed E-state index contributed by atoms with van der Waals surface area (Å²) in [4.78, 5) is 0. The van der Waals surface area contributed by atoms with Crippen LogP contribution in [0.2, 0.25) is 0 Å². The molecule has 0 aromatic heterocycles. The van der Waals surface area contributed by atoms with Gasteiger partial charge in [0.2, 0.25) is 0 Å². The lowest BCUT2D eigenvalue weighted by Crippen LogP contribution is -1.87. The third-order valence-electron chi connectivity index (χ3n) is 1.53. The van der Waals surface area contributed by atoms with Crippen LogP contribution in [-0.4, -0.2) is 0 Å². The Morgan fingerprint density at radius 3 is 2.20 bits per heavy atom. The van der Waals surface area contributed by atoms with Crippen LogP contribution in [0.5, 0.6) is 0 Å². The van der Waals surface area contributed by atoms with E-state index in [1.165, 1.54) is 0 Å². The molecule has 0 N–H and O–H groups in total. The maximum Gasteiger partial charge on any atom is 0.127 e. The highest BCUT2D eigenvalue weighted by molar-refractivity contribution is 5.23. The monoisotopic (exact) mass is 202 g/mol. The lowest BCUT2D eigenvalue weighted by atomic mass is 10.3. The summed E-state index contributed by atoms with van der Waals surface area (Å²) in [6.45, 7) is 11.1. The zero-order chi connectivity index (χ0) is 11.5. The molecule has 0 spiro atoms. The molecule has 1 heteroatoms. The third kappa shape index (κ3) is 6.33. The van der Waals surface area contributed by atoms with E-state index in [2.05, 4.69) is 13.2 Å². The molecular formula is C14H18O. The second-order valence-corrected chi connectivity index (χ2v) is 2.69. The zero-order valence-electron chi connectivity index (χ0n) is 9.44. The van der Waals surface area contributed by atoms with Crippen molar-refractivity contribution in [3.05, 3.63) is 73.3 Å². The smallest absolute Gasteiger partial charge is 0.127 e.